The lowest BCUT2D eigenvalue weighted by Crippen LogP contribution is -2.03. The van der Waals surface area contributed by atoms with Gasteiger partial charge in [-0.1, -0.05) is 30.3 Å². The zero-order valence-corrected chi connectivity index (χ0v) is 7.03. The summed E-state index contributed by atoms with van der Waals surface area (Å²) >= 11 is 0. The molecule has 0 amide bonds. The van der Waals surface area contributed by atoms with Crippen LogP contribution >= 0.6 is 0 Å². The van der Waals surface area contributed by atoms with Crippen LogP contribution in [0, 0.1) is 5.41 Å². The Labute approximate surface area is 76.4 Å². The molecular formula is C10H10N2O. The van der Waals surface area contributed by atoms with Gasteiger partial charge in [0.15, 0.2) is 6.29 Å². The molecule has 0 atom stereocenters. The van der Waals surface area contributed by atoms with E-state index in [0.717, 1.165) is 11.8 Å². The fourth-order valence-electron chi connectivity index (χ4n) is 0.960. The molecule has 0 saturated carbocycles. The average molecular weight is 174 g/mol. The molecule has 0 bridgehead atoms. The zero-order chi connectivity index (χ0) is 9.68. The molecule has 3 nitrogen and oxygen atoms in total. The van der Waals surface area contributed by atoms with Crippen molar-refractivity contribution in [3.63, 3.8) is 0 Å². The van der Waals surface area contributed by atoms with E-state index in [4.69, 9.17) is 11.1 Å². The summed E-state index contributed by atoms with van der Waals surface area (Å²) in [5.74, 6) is 0. The second kappa shape index (κ2) is 4.21. The van der Waals surface area contributed by atoms with Crippen LogP contribution in [0.3, 0.4) is 0 Å². The van der Waals surface area contributed by atoms with E-state index in [-0.39, 0.29) is 5.57 Å². The molecule has 0 aliphatic carbocycles. The second-order valence-corrected chi connectivity index (χ2v) is 2.50. The number of nitrogens with two attached hydrogens (primary N) is 1. The van der Waals surface area contributed by atoms with E-state index < -0.39 is 0 Å². The molecule has 1 rings (SSSR count). The van der Waals surface area contributed by atoms with Crippen molar-refractivity contribution in [1.82, 2.24) is 0 Å². The van der Waals surface area contributed by atoms with Gasteiger partial charge in [0.2, 0.25) is 0 Å². The highest BCUT2D eigenvalue weighted by Crippen LogP contribution is 2.10. The summed E-state index contributed by atoms with van der Waals surface area (Å²) in [4.78, 5) is 10.5. The standard InChI is InChI=1S/C10H10N2O/c11-6-9(7-13)10(12)8-4-2-1-3-5-8/h1-7,11H,12H2. The highest BCUT2D eigenvalue weighted by atomic mass is 16.1. The Kier molecular flexibility index (Phi) is 2.97. The van der Waals surface area contributed by atoms with E-state index in [0.29, 0.717) is 12.0 Å². The first-order valence-corrected chi connectivity index (χ1v) is 3.80. The van der Waals surface area contributed by atoms with Crippen molar-refractivity contribution in [2.45, 2.75) is 0 Å². The Hall–Kier alpha value is -1.90. The highest BCUT2D eigenvalue weighted by molar-refractivity contribution is 6.08. The fraction of sp³-hybridized carbons (Fsp3) is 0. The molecule has 0 saturated heterocycles. The van der Waals surface area contributed by atoms with Gasteiger partial charge < -0.3 is 11.1 Å². The second-order valence-electron chi connectivity index (χ2n) is 2.50. The van der Waals surface area contributed by atoms with Gasteiger partial charge in [0.05, 0.1) is 11.3 Å². The zero-order valence-electron chi connectivity index (χ0n) is 7.03. The number of rotatable bonds is 3. The van der Waals surface area contributed by atoms with Crippen LogP contribution in [0.4, 0.5) is 0 Å². The lowest BCUT2D eigenvalue weighted by atomic mass is 10.1. The predicted molar refractivity (Wildman–Crippen MR) is 52.4 cm³/mol. The van der Waals surface area contributed by atoms with Crippen molar-refractivity contribution < 1.29 is 4.79 Å². The van der Waals surface area contributed by atoms with Crippen LogP contribution in [-0.4, -0.2) is 12.5 Å². The summed E-state index contributed by atoms with van der Waals surface area (Å²) in [5.41, 5.74) is 6.95. The van der Waals surface area contributed by atoms with Crippen LogP contribution in [0.2, 0.25) is 0 Å². The molecule has 0 aliphatic heterocycles. The number of hydrogen-bond donors (Lipinski definition) is 2. The normalized spacial score (nSPS) is 11.7. The van der Waals surface area contributed by atoms with Crippen LogP contribution in [0.5, 0.6) is 0 Å². The van der Waals surface area contributed by atoms with E-state index in [9.17, 15) is 4.79 Å². The number of hydrogen-bond acceptors (Lipinski definition) is 3. The first-order valence-electron chi connectivity index (χ1n) is 3.80. The van der Waals surface area contributed by atoms with E-state index >= 15 is 0 Å². The maximum absolute atomic E-state index is 10.5. The molecule has 1 aromatic carbocycles. The molecule has 0 spiro atoms. The largest absolute Gasteiger partial charge is 0.398 e. The van der Waals surface area contributed by atoms with E-state index in [1.54, 1.807) is 12.1 Å². The maximum atomic E-state index is 10.5. The van der Waals surface area contributed by atoms with Gasteiger partial charge in [-0.3, -0.25) is 4.79 Å². The van der Waals surface area contributed by atoms with E-state index in [2.05, 4.69) is 0 Å². The Balaban J connectivity index is 3.15. The van der Waals surface area contributed by atoms with Gasteiger partial charge in [-0.05, 0) is 5.56 Å². The molecule has 66 valence electrons. The summed E-state index contributed by atoms with van der Waals surface area (Å²) in [6.45, 7) is 0. The minimum atomic E-state index is 0.200. The van der Waals surface area contributed by atoms with Crippen molar-refractivity contribution in [2.24, 2.45) is 5.73 Å². The third-order valence-electron chi connectivity index (χ3n) is 1.68. The van der Waals surface area contributed by atoms with Crippen molar-refractivity contribution in [3.05, 3.63) is 41.5 Å². The molecule has 0 unspecified atom stereocenters. The third kappa shape index (κ3) is 2.02. The van der Waals surface area contributed by atoms with Crippen LogP contribution in [0.25, 0.3) is 5.70 Å². The Morgan fingerprint density at radius 3 is 2.38 bits per heavy atom. The summed E-state index contributed by atoms with van der Waals surface area (Å²) in [6, 6.07) is 9.11. The molecular weight excluding hydrogens is 164 g/mol. The number of nitrogens with one attached hydrogen (secondary N) is 1. The van der Waals surface area contributed by atoms with Gasteiger partial charge in [-0.25, -0.2) is 0 Å². The summed E-state index contributed by atoms with van der Waals surface area (Å²) in [5, 5.41) is 6.95. The Bertz CT molecular complexity index is 331. The summed E-state index contributed by atoms with van der Waals surface area (Å²) < 4.78 is 0. The van der Waals surface area contributed by atoms with E-state index in [1.165, 1.54) is 0 Å². The van der Waals surface area contributed by atoms with Gasteiger partial charge in [0, 0.05) is 6.21 Å². The number of carbonyl (C=O) groups is 1. The number of allylic oxidation sites excluding steroid dienone is 1. The van der Waals surface area contributed by atoms with Gasteiger partial charge in [-0.2, -0.15) is 0 Å². The topological polar surface area (TPSA) is 66.9 Å². The Morgan fingerprint density at radius 1 is 1.31 bits per heavy atom. The summed E-state index contributed by atoms with van der Waals surface area (Å²) in [6.07, 6.45) is 1.53. The number of carbonyl (C=O) groups excluding carboxylic acids is 1. The lowest BCUT2D eigenvalue weighted by Gasteiger charge is -2.01. The van der Waals surface area contributed by atoms with Gasteiger partial charge in [-0.15, -0.1) is 0 Å². The first kappa shape index (κ1) is 9.19. The molecule has 0 heterocycles. The predicted octanol–water partition coefficient (Wildman–Crippen LogP) is 1.20. The number of aldehydes is 1. The van der Waals surface area contributed by atoms with Crippen LogP contribution in [-0.2, 0) is 4.79 Å². The van der Waals surface area contributed by atoms with Gasteiger partial charge in [0.1, 0.15) is 0 Å². The molecule has 13 heavy (non-hydrogen) atoms. The van der Waals surface area contributed by atoms with Gasteiger partial charge >= 0.3 is 0 Å². The molecule has 0 radical (unpaired) electrons. The van der Waals surface area contributed by atoms with Crippen molar-refractivity contribution >= 4 is 18.2 Å². The molecule has 3 N–H and O–H groups in total. The van der Waals surface area contributed by atoms with Crippen molar-refractivity contribution in [3.8, 4) is 0 Å². The average Bonchev–Trinajstić information content (AvgIpc) is 2.21. The van der Waals surface area contributed by atoms with E-state index in [1.807, 2.05) is 18.2 Å². The quantitative estimate of drug-likeness (QED) is 0.411. The lowest BCUT2D eigenvalue weighted by molar-refractivity contribution is -0.104. The van der Waals surface area contributed by atoms with Crippen molar-refractivity contribution in [2.75, 3.05) is 0 Å². The van der Waals surface area contributed by atoms with Crippen molar-refractivity contribution in [1.29, 1.82) is 5.41 Å². The minimum absolute atomic E-state index is 0.200. The minimum Gasteiger partial charge on any atom is -0.398 e. The molecule has 1 aromatic rings. The highest BCUT2D eigenvalue weighted by Gasteiger charge is 2.00. The number of benzene rings is 1. The summed E-state index contributed by atoms with van der Waals surface area (Å²) in [7, 11) is 0. The van der Waals surface area contributed by atoms with Crippen LogP contribution in [0.15, 0.2) is 35.9 Å². The molecule has 3 heteroatoms. The SMILES string of the molecule is N=CC(C=O)=C(N)c1ccccc1. The van der Waals surface area contributed by atoms with Crippen LogP contribution in [0.1, 0.15) is 5.56 Å². The Morgan fingerprint density at radius 2 is 1.92 bits per heavy atom. The first-order chi connectivity index (χ1) is 6.29. The molecule has 0 fully saturated rings. The fourth-order valence-corrected chi connectivity index (χ4v) is 0.960. The monoisotopic (exact) mass is 174 g/mol. The maximum Gasteiger partial charge on any atom is 0.153 e. The molecule has 0 aliphatic rings. The van der Waals surface area contributed by atoms with Crippen LogP contribution < -0.4 is 5.73 Å². The molecule has 0 aromatic heterocycles. The smallest absolute Gasteiger partial charge is 0.153 e. The van der Waals surface area contributed by atoms with Gasteiger partial charge in [0.25, 0.3) is 0 Å². The third-order valence-corrected chi connectivity index (χ3v) is 1.68.